The Morgan fingerprint density at radius 2 is 2.03 bits per heavy atom. The fourth-order valence-corrected chi connectivity index (χ4v) is 6.01. The number of thioether (sulfide) groups is 1. The number of carbonyl (C=O) groups is 2. The third kappa shape index (κ3) is 7.03. The zero-order valence-electron chi connectivity index (χ0n) is 21.1. The summed E-state index contributed by atoms with van der Waals surface area (Å²) in [6.45, 7) is 9.91. The average molecular weight is 523 g/mol. The first-order chi connectivity index (χ1) is 16.7. The molecule has 0 saturated carbocycles. The Balaban J connectivity index is 1.77. The number of ether oxygens (including phenoxy) is 3. The van der Waals surface area contributed by atoms with Crippen LogP contribution in [0.2, 0.25) is 0 Å². The molecule has 0 saturated heterocycles. The van der Waals surface area contributed by atoms with Crippen molar-refractivity contribution in [1.29, 1.82) is 0 Å². The van der Waals surface area contributed by atoms with E-state index in [4.69, 9.17) is 25.8 Å². The van der Waals surface area contributed by atoms with E-state index in [0.29, 0.717) is 46.3 Å². The Morgan fingerprint density at radius 3 is 2.69 bits per heavy atom. The molecule has 3 rings (SSSR count). The lowest BCUT2D eigenvalue weighted by atomic mass is 10.1. The van der Waals surface area contributed by atoms with Crippen LogP contribution in [0.5, 0.6) is 11.5 Å². The van der Waals surface area contributed by atoms with Crippen molar-refractivity contribution in [3.63, 3.8) is 0 Å². The zero-order chi connectivity index (χ0) is 25.5. The molecular weight excluding hydrogens is 488 g/mol. The third-order valence-corrected chi connectivity index (χ3v) is 7.26. The van der Waals surface area contributed by atoms with E-state index in [2.05, 4.69) is 18.7 Å². The van der Waals surface area contributed by atoms with Gasteiger partial charge in [0.1, 0.15) is 22.6 Å². The van der Waals surface area contributed by atoms with Crippen LogP contribution in [0.15, 0.2) is 39.9 Å². The second-order valence-corrected chi connectivity index (χ2v) is 10.7. The molecule has 35 heavy (non-hydrogen) atoms. The number of Topliss-reactive ketones (excluding diaryl/α,β-unsaturated/α-hetero) is 1. The molecule has 192 valence electrons. The van der Waals surface area contributed by atoms with Crippen molar-refractivity contribution < 1.29 is 23.8 Å². The van der Waals surface area contributed by atoms with Crippen molar-refractivity contribution in [3.05, 3.63) is 45.5 Å². The van der Waals surface area contributed by atoms with Crippen LogP contribution in [0.3, 0.4) is 0 Å². The summed E-state index contributed by atoms with van der Waals surface area (Å²) in [5, 5.41) is 0.0384. The van der Waals surface area contributed by atoms with Gasteiger partial charge >= 0.3 is 0 Å². The third-order valence-electron chi connectivity index (χ3n) is 5.76. The minimum Gasteiger partial charge on any atom is -0.497 e. The highest BCUT2D eigenvalue weighted by molar-refractivity contribution is 8.03. The summed E-state index contributed by atoms with van der Waals surface area (Å²) >= 11 is 7.61. The number of nitrogens with zero attached hydrogens (tertiary/aromatic N) is 2. The molecule has 7 nitrogen and oxygen atoms in total. The van der Waals surface area contributed by atoms with Crippen molar-refractivity contribution in [1.82, 2.24) is 9.80 Å². The molecule has 0 radical (unpaired) electrons. The fraction of sp³-hybridized carbons (Fsp3) is 0.538. The van der Waals surface area contributed by atoms with Gasteiger partial charge in [0.15, 0.2) is 5.78 Å². The minimum absolute atomic E-state index is 0.106. The molecule has 1 heterocycles. The highest BCUT2D eigenvalue weighted by atomic mass is 35.5. The van der Waals surface area contributed by atoms with E-state index in [9.17, 15) is 9.59 Å². The van der Waals surface area contributed by atoms with Crippen molar-refractivity contribution in [3.8, 4) is 11.5 Å². The van der Waals surface area contributed by atoms with Crippen molar-refractivity contribution >= 4 is 35.1 Å². The van der Waals surface area contributed by atoms with Crippen molar-refractivity contribution in [2.24, 2.45) is 5.92 Å². The number of amides is 1. The van der Waals surface area contributed by atoms with Crippen LogP contribution in [-0.2, 0) is 14.3 Å². The first kappa shape index (κ1) is 27.6. The monoisotopic (exact) mass is 522 g/mol. The van der Waals surface area contributed by atoms with E-state index >= 15 is 0 Å². The summed E-state index contributed by atoms with van der Waals surface area (Å²) in [4.78, 5) is 30.1. The minimum atomic E-state index is -0.440. The molecule has 2 aliphatic rings. The van der Waals surface area contributed by atoms with Crippen LogP contribution in [0, 0.1) is 5.92 Å². The zero-order valence-corrected chi connectivity index (χ0v) is 22.7. The summed E-state index contributed by atoms with van der Waals surface area (Å²) in [7, 11) is 3.32. The number of allylic oxidation sites excluding steroid dienone is 3. The number of benzene rings is 1. The summed E-state index contributed by atoms with van der Waals surface area (Å²) < 4.78 is 16.9. The Bertz CT molecular complexity index is 994. The predicted octanol–water partition coefficient (Wildman–Crippen LogP) is 4.97. The van der Waals surface area contributed by atoms with Gasteiger partial charge in [0.25, 0.3) is 0 Å². The average Bonchev–Trinajstić information content (AvgIpc) is 3.19. The quantitative estimate of drug-likeness (QED) is 0.359. The van der Waals surface area contributed by atoms with Crippen molar-refractivity contribution in [2.75, 3.05) is 47.1 Å². The topological polar surface area (TPSA) is 68.3 Å². The number of hydrogen-bond donors (Lipinski definition) is 0. The molecule has 0 bridgehead atoms. The Kier molecular flexibility index (Phi) is 10.1. The summed E-state index contributed by atoms with van der Waals surface area (Å²) in [6.07, 6.45) is 2.74. The molecule has 0 spiro atoms. The second-order valence-electron chi connectivity index (χ2n) is 9.06. The summed E-state index contributed by atoms with van der Waals surface area (Å²) in [5.74, 6) is 1.54. The molecule has 1 aromatic rings. The molecule has 1 aromatic carbocycles. The molecule has 0 fully saturated rings. The summed E-state index contributed by atoms with van der Waals surface area (Å²) in [5.41, 5.74) is 1.20. The molecule has 0 N–H and O–H groups in total. The standard InChI is InChI=1S/C26H35ClN2O5S/c1-17(2)16-28(10-12-32-4)9-6-11-34-23-8-7-20(33-5)15-21(23)26-29(18(3)30)25-22(31)13-19(27)14-24(25)35-26/h7-8,14-15,17,26H,6,9-13,16H2,1-5H3. The molecule has 1 atom stereocenters. The van der Waals surface area contributed by atoms with Crippen LogP contribution in [-0.4, -0.2) is 68.6 Å². The van der Waals surface area contributed by atoms with Gasteiger partial charge in [-0.1, -0.05) is 37.2 Å². The SMILES string of the molecule is COCCN(CCCOc1ccc(OC)cc1C1SC2=C(C(=O)CC(Cl)=C2)N1C(C)=O)CC(C)C. The Labute approximate surface area is 217 Å². The Morgan fingerprint density at radius 1 is 1.26 bits per heavy atom. The van der Waals surface area contributed by atoms with E-state index in [1.807, 2.05) is 18.2 Å². The van der Waals surface area contributed by atoms with Crippen molar-refractivity contribution in [2.45, 2.75) is 39.0 Å². The van der Waals surface area contributed by atoms with Crippen LogP contribution < -0.4 is 9.47 Å². The van der Waals surface area contributed by atoms with E-state index in [-0.39, 0.29) is 18.1 Å². The Hall–Kier alpha value is -2.00. The number of halogens is 1. The highest BCUT2D eigenvalue weighted by Crippen LogP contribution is 2.53. The van der Waals surface area contributed by atoms with E-state index < -0.39 is 5.37 Å². The molecule has 1 aliphatic carbocycles. The van der Waals surface area contributed by atoms with Gasteiger partial charge in [-0.05, 0) is 36.6 Å². The van der Waals surface area contributed by atoms with Crippen LogP contribution in [0.4, 0.5) is 0 Å². The second kappa shape index (κ2) is 12.8. The van der Waals surface area contributed by atoms with Gasteiger partial charge in [-0.25, -0.2) is 0 Å². The van der Waals surface area contributed by atoms with E-state index in [1.165, 1.54) is 18.7 Å². The molecule has 1 aliphatic heterocycles. The summed E-state index contributed by atoms with van der Waals surface area (Å²) in [6, 6.07) is 5.59. The molecule has 0 aromatic heterocycles. The number of ketones is 1. The maximum Gasteiger partial charge on any atom is 0.225 e. The van der Waals surface area contributed by atoms with E-state index in [0.717, 1.165) is 31.6 Å². The molecule has 9 heteroatoms. The predicted molar refractivity (Wildman–Crippen MR) is 140 cm³/mol. The van der Waals surface area contributed by atoms with Gasteiger partial charge in [0, 0.05) is 55.6 Å². The van der Waals surface area contributed by atoms with Gasteiger partial charge in [0.2, 0.25) is 5.91 Å². The normalized spacial score (nSPS) is 17.8. The largest absolute Gasteiger partial charge is 0.497 e. The fourth-order valence-electron chi connectivity index (χ4n) is 4.27. The lowest BCUT2D eigenvalue weighted by Crippen LogP contribution is -2.33. The van der Waals surface area contributed by atoms with Gasteiger partial charge in [0.05, 0.1) is 20.3 Å². The molecule has 1 unspecified atom stereocenters. The van der Waals surface area contributed by atoms with Crippen LogP contribution in [0.1, 0.15) is 44.6 Å². The van der Waals surface area contributed by atoms with Gasteiger partial charge in [-0.3, -0.25) is 14.5 Å². The van der Waals surface area contributed by atoms with E-state index in [1.54, 1.807) is 25.2 Å². The maximum absolute atomic E-state index is 12.8. The smallest absolute Gasteiger partial charge is 0.225 e. The number of carbonyl (C=O) groups excluding carboxylic acids is 2. The van der Waals surface area contributed by atoms with Gasteiger partial charge < -0.3 is 19.1 Å². The first-order valence-corrected chi connectivity index (χ1v) is 13.1. The first-order valence-electron chi connectivity index (χ1n) is 11.9. The van der Waals surface area contributed by atoms with Gasteiger partial charge in [-0.15, -0.1) is 0 Å². The molecular formula is C26H35ClN2O5S. The highest BCUT2D eigenvalue weighted by Gasteiger charge is 2.42. The number of methoxy groups -OCH3 is 2. The number of rotatable bonds is 12. The van der Waals surface area contributed by atoms with Crippen LogP contribution >= 0.6 is 23.4 Å². The molecule has 1 amide bonds. The van der Waals surface area contributed by atoms with Crippen LogP contribution in [0.25, 0.3) is 0 Å². The van der Waals surface area contributed by atoms with Gasteiger partial charge in [-0.2, -0.15) is 0 Å². The lowest BCUT2D eigenvalue weighted by molar-refractivity contribution is -0.130. The number of hydrogen-bond acceptors (Lipinski definition) is 7. The maximum atomic E-state index is 12.8. The lowest BCUT2D eigenvalue weighted by Gasteiger charge is -2.27.